The molecule has 0 radical (unpaired) electrons. The molecular formula is C17H30BrN3. The van der Waals surface area contributed by atoms with Crippen LogP contribution in [-0.4, -0.2) is 16.8 Å². The van der Waals surface area contributed by atoms with E-state index in [1.165, 1.54) is 37.8 Å². The van der Waals surface area contributed by atoms with Crippen LogP contribution in [0, 0.1) is 11.3 Å². The van der Waals surface area contributed by atoms with E-state index in [-0.39, 0.29) is 0 Å². The molecule has 1 unspecified atom stereocenters. The van der Waals surface area contributed by atoms with Crippen LogP contribution in [-0.2, 0) is 0 Å². The van der Waals surface area contributed by atoms with Gasteiger partial charge in [-0.1, -0.05) is 26.7 Å². The average Bonchev–Trinajstić information content (AvgIpc) is 2.99. The van der Waals surface area contributed by atoms with Crippen molar-refractivity contribution in [1.29, 1.82) is 0 Å². The highest BCUT2D eigenvalue weighted by Gasteiger charge is 2.43. The largest absolute Gasteiger partial charge is 0.311 e. The molecule has 0 bridgehead atoms. The van der Waals surface area contributed by atoms with E-state index >= 15 is 0 Å². The van der Waals surface area contributed by atoms with E-state index in [0.29, 0.717) is 17.5 Å². The Morgan fingerprint density at radius 3 is 2.38 bits per heavy atom. The summed E-state index contributed by atoms with van der Waals surface area (Å²) in [6, 6.07) is 0.765. The van der Waals surface area contributed by atoms with Gasteiger partial charge in [0.15, 0.2) is 0 Å². The van der Waals surface area contributed by atoms with Gasteiger partial charge >= 0.3 is 0 Å². The van der Waals surface area contributed by atoms with E-state index in [4.69, 9.17) is 0 Å². The summed E-state index contributed by atoms with van der Waals surface area (Å²) in [7, 11) is 2.11. The smallest absolute Gasteiger partial charge is 0.0704 e. The summed E-state index contributed by atoms with van der Waals surface area (Å²) in [5.74, 6) is 0.730. The number of aromatic nitrogens is 2. The molecule has 3 nitrogen and oxygen atoms in total. The monoisotopic (exact) mass is 355 g/mol. The third-order valence-corrected chi connectivity index (χ3v) is 5.48. The molecule has 1 aliphatic rings. The summed E-state index contributed by atoms with van der Waals surface area (Å²) in [4.78, 5) is 0. The lowest BCUT2D eigenvalue weighted by atomic mass is 9.71. The fourth-order valence-corrected chi connectivity index (χ4v) is 4.77. The van der Waals surface area contributed by atoms with E-state index in [1.807, 2.05) is 6.20 Å². The Morgan fingerprint density at radius 2 is 1.90 bits per heavy atom. The van der Waals surface area contributed by atoms with Crippen molar-refractivity contribution in [3.05, 3.63) is 16.4 Å². The second-order valence-electron chi connectivity index (χ2n) is 7.31. The van der Waals surface area contributed by atoms with Gasteiger partial charge in [-0.05, 0) is 67.4 Å². The Bertz CT molecular complexity index is 459. The summed E-state index contributed by atoms with van der Waals surface area (Å²) in [6.45, 7) is 9.11. The maximum Gasteiger partial charge on any atom is 0.0704 e. The van der Waals surface area contributed by atoms with Gasteiger partial charge in [-0.3, -0.25) is 4.68 Å². The number of nitrogens with one attached hydrogen (secondary N) is 1. The normalized spacial score (nSPS) is 19.6. The second kappa shape index (κ2) is 6.82. The first-order valence-electron chi connectivity index (χ1n) is 8.31. The van der Waals surface area contributed by atoms with Crippen LogP contribution in [0.2, 0.25) is 0 Å². The van der Waals surface area contributed by atoms with Crippen molar-refractivity contribution < 1.29 is 0 Å². The van der Waals surface area contributed by atoms with Crippen molar-refractivity contribution in [2.45, 2.75) is 71.9 Å². The highest BCUT2D eigenvalue weighted by molar-refractivity contribution is 9.10. The number of nitrogens with zero attached hydrogens (tertiary/aromatic N) is 2. The molecule has 1 atom stereocenters. The Morgan fingerprint density at radius 1 is 1.29 bits per heavy atom. The van der Waals surface area contributed by atoms with Crippen LogP contribution in [0.4, 0.5) is 0 Å². The summed E-state index contributed by atoms with van der Waals surface area (Å²) in [5, 5.41) is 8.23. The third kappa shape index (κ3) is 3.37. The van der Waals surface area contributed by atoms with Crippen LogP contribution in [0.1, 0.15) is 77.6 Å². The first kappa shape index (κ1) is 17.0. The van der Waals surface area contributed by atoms with Gasteiger partial charge in [-0.15, -0.1) is 0 Å². The zero-order chi connectivity index (χ0) is 15.6. The second-order valence-corrected chi connectivity index (χ2v) is 8.16. The van der Waals surface area contributed by atoms with E-state index in [2.05, 4.69) is 65.8 Å². The molecule has 1 heterocycles. The van der Waals surface area contributed by atoms with Crippen molar-refractivity contribution in [2.24, 2.45) is 11.3 Å². The first-order chi connectivity index (χ1) is 9.91. The molecule has 1 aromatic rings. The van der Waals surface area contributed by atoms with Gasteiger partial charge in [0.1, 0.15) is 0 Å². The minimum atomic E-state index is 0.373. The van der Waals surface area contributed by atoms with Gasteiger partial charge in [0, 0.05) is 6.04 Å². The molecule has 1 fully saturated rings. The maximum atomic E-state index is 4.60. The van der Waals surface area contributed by atoms with Crippen LogP contribution in [0.25, 0.3) is 0 Å². The summed E-state index contributed by atoms with van der Waals surface area (Å²) < 4.78 is 3.33. The van der Waals surface area contributed by atoms with Gasteiger partial charge < -0.3 is 5.32 Å². The van der Waals surface area contributed by atoms with E-state index in [9.17, 15) is 0 Å². The number of rotatable bonds is 6. The van der Waals surface area contributed by atoms with Gasteiger partial charge in [-0.2, -0.15) is 5.10 Å². The molecule has 0 saturated heterocycles. The van der Waals surface area contributed by atoms with Crippen molar-refractivity contribution in [2.75, 3.05) is 7.05 Å². The standard InChI is InChI=1S/C17H30BrN3/c1-12(2)10-17(8-6-7-9-17)16(19-5)15-14(18)11-20-21(15)13(3)4/h11-13,16,19H,6-10H2,1-5H3. The lowest BCUT2D eigenvalue weighted by molar-refractivity contribution is 0.153. The van der Waals surface area contributed by atoms with Crippen molar-refractivity contribution in [1.82, 2.24) is 15.1 Å². The van der Waals surface area contributed by atoms with Gasteiger partial charge in [-0.25, -0.2) is 0 Å². The van der Waals surface area contributed by atoms with Crippen molar-refractivity contribution >= 4 is 15.9 Å². The molecule has 4 heteroatoms. The van der Waals surface area contributed by atoms with Crippen LogP contribution in [0.3, 0.4) is 0 Å². The lowest BCUT2D eigenvalue weighted by Gasteiger charge is -2.40. The van der Waals surface area contributed by atoms with Gasteiger partial charge in [0.05, 0.1) is 22.4 Å². The molecule has 21 heavy (non-hydrogen) atoms. The SMILES string of the molecule is CNC(c1c(Br)cnn1C(C)C)C1(CC(C)C)CCCC1. The fourth-order valence-electron chi connectivity index (χ4n) is 4.27. The number of halogens is 1. The minimum Gasteiger partial charge on any atom is -0.311 e. The topological polar surface area (TPSA) is 29.9 Å². The fraction of sp³-hybridized carbons (Fsp3) is 0.824. The van der Waals surface area contributed by atoms with Crippen LogP contribution in [0.5, 0.6) is 0 Å². The highest BCUT2D eigenvalue weighted by atomic mass is 79.9. The van der Waals surface area contributed by atoms with Crippen LogP contribution < -0.4 is 5.32 Å². The van der Waals surface area contributed by atoms with Gasteiger partial charge in [0.2, 0.25) is 0 Å². The number of hydrogen-bond donors (Lipinski definition) is 1. The van der Waals surface area contributed by atoms with Gasteiger partial charge in [0.25, 0.3) is 0 Å². The van der Waals surface area contributed by atoms with Crippen LogP contribution >= 0.6 is 15.9 Å². The van der Waals surface area contributed by atoms with E-state index in [0.717, 1.165) is 10.4 Å². The zero-order valence-corrected chi connectivity index (χ0v) is 15.7. The Hall–Kier alpha value is -0.350. The molecule has 1 saturated carbocycles. The van der Waals surface area contributed by atoms with E-state index in [1.54, 1.807) is 0 Å². The zero-order valence-electron chi connectivity index (χ0n) is 14.1. The predicted molar refractivity (Wildman–Crippen MR) is 92.5 cm³/mol. The first-order valence-corrected chi connectivity index (χ1v) is 9.10. The maximum absolute atomic E-state index is 4.60. The molecule has 0 amide bonds. The molecular weight excluding hydrogens is 326 g/mol. The Labute approximate surface area is 138 Å². The van der Waals surface area contributed by atoms with Crippen molar-refractivity contribution in [3.8, 4) is 0 Å². The minimum absolute atomic E-state index is 0.373. The molecule has 0 aliphatic heterocycles. The van der Waals surface area contributed by atoms with Crippen molar-refractivity contribution in [3.63, 3.8) is 0 Å². The summed E-state index contributed by atoms with van der Waals surface area (Å²) >= 11 is 3.74. The molecule has 0 spiro atoms. The quantitative estimate of drug-likeness (QED) is 0.769. The Kier molecular flexibility index (Phi) is 5.53. The third-order valence-electron chi connectivity index (χ3n) is 4.86. The Balaban J connectivity index is 2.44. The molecule has 0 aromatic carbocycles. The van der Waals surface area contributed by atoms with E-state index < -0.39 is 0 Å². The summed E-state index contributed by atoms with van der Waals surface area (Å²) in [5.41, 5.74) is 1.70. The molecule has 1 N–H and O–H groups in total. The number of hydrogen-bond acceptors (Lipinski definition) is 2. The predicted octanol–water partition coefficient (Wildman–Crippen LogP) is 5.09. The molecule has 1 aromatic heterocycles. The lowest BCUT2D eigenvalue weighted by Crippen LogP contribution is -2.37. The molecule has 1 aliphatic carbocycles. The molecule has 2 rings (SSSR count). The highest BCUT2D eigenvalue weighted by Crippen LogP contribution is 2.52. The molecule has 120 valence electrons. The summed E-state index contributed by atoms with van der Waals surface area (Å²) in [6.07, 6.45) is 8.61. The average molecular weight is 356 g/mol. The van der Waals surface area contributed by atoms with Crippen LogP contribution in [0.15, 0.2) is 10.7 Å².